The molecule has 3 saturated heterocycles. The summed E-state index contributed by atoms with van der Waals surface area (Å²) in [5.41, 5.74) is -0.661. The molecule has 1 spiro atoms. The second-order valence-corrected chi connectivity index (χ2v) is 13.6. The van der Waals surface area contributed by atoms with Crippen LogP contribution in [0.15, 0.2) is 53.0 Å². The zero-order valence-electron chi connectivity index (χ0n) is 26.4. The minimum Gasteiger partial charge on any atom is -0.455 e. The molecule has 6 rings (SSSR count). The number of aliphatic hydroxyl groups is 1. The summed E-state index contributed by atoms with van der Waals surface area (Å²) in [6.45, 7) is 4.40. The number of ether oxygens (including phenoxy) is 3. The van der Waals surface area contributed by atoms with E-state index in [2.05, 4.69) is 26.1 Å². The minimum atomic E-state index is -1.37. The van der Waals surface area contributed by atoms with Gasteiger partial charge in [-0.05, 0) is 30.9 Å². The number of aliphatic hydroxyl groups excluding tert-OH is 1. The van der Waals surface area contributed by atoms with E-state index in [0.717, 1.165) is 13.1 Å². The zero-order valence-corrected chi connectivity index (χ0v) is 28.0. The average molecular weight is 716 g/mol. The SMILES string of the molecule is O=C1CC/C=C\CN(CCN2CCOCC2)C(=O)[C@H]2N(CCCCO)C(=O)[C@@H]3[C@@H](C(=O)O[C@@H](c4ccccc4)CN1)[C@@H]1O[C@@]32C=C1Br. The monoisotopic (exact) mass is 714 g/mol. The Morgan fingerprint density at radius 1 is 0.979 bits per heavy atom. The van der Waals surface area contributed by atoms with Gasteiger partial charge in [-0.15, -0.1) is 0 Å². The van der Waals surface area contributed by atoms with Crippen LogP contribution in [0, 0.1) is 11.8 Å². The van der Waals surface area contributed by atoms with Crippen molar-refractivity contribution < 1.29 is 38.5 Å². The Morgan fingerprint density at radius 3 is 2.53 bits per heavy atom. The van der Waals surface area contributed by atoms with Crippen molar-refractivity contribution in [3.05, 3.63) is 58.6 Å². The lowest BCUT2D eigenvalue weighted by atomic mass is 9.74. The molecule has 3 amide bonds. The van der Waals surface area contributed by atoms with Crippen molar-refractivity contribution in [3.8, 4) is 0 Å². The number of esters is 1. The fourth-order valence-corrected chi connectivity index (χ4v) is 8.13. The topological polar surface area (TPSA) is 138 Å². The molecular formula is C34H43BrN4O8. The molecule has 6 atom stereocenters. The van der Waals surface area contributed by atoms with Crippen LogP contribution in [0.4, 0.5) is 0 Å². The van der Waals surface area contributed by atoms with Crippen LogP contribution in [0.3, 0.4) is 0 Å². The van der Waals surface area contributed by atoms with Crippen molar-refractivity contribution in [1.82, 2.24) is 20.0 Å². The lowest BCUT2D eigenvalue weighted by molar-refractivity contribution is -0.159. The normalized spacial score (nSPS) is 32.6. The highest BCUT2D eigenvalue weighted by molar-refractivity contribution is 9.11. The third kappa shape index (κ3) is 6.91. The smallest absolute Gasteiger partial charge is 0.313 e. The number of hydrogen-bond donors (Lipinski definition) is 2. The van der Waals surface area contributed by atoms with E-state index in [1.807, 2.05) is 42.5 Å². The third-order valence-corrected chi connectivity index (χ3v) is 10.5. The Morgan fingerprint density at radius 2 is 1.77 bits per heavy atom. The molecule has 5 aliphatic heterocycles. The van der Waals surface area contributed by atoms with Gasteiger partial charge in [-0.3, -0.25) is 24.1 Å². The number of halogens is 1. The summed E-state index contributed by atoms with van der Waals surface area (Å²) in [6, 6.07) is 8.17. The van der Waals surface area contributed by atoms with Crippen LogP contribution in [0.1, 0.15) is 37.4 Å². The summed E-state index contributed by atoms with van der Waals surface area (Å²) in [5.74, 6) is -3.38. The number of nitrogens with one attached hydrogen (secondary N) is 1. The summed E-state index contributed by atoms with van der Waals surface area (Å²) >= 11 is 3.60. The van der Waals surface area contributed by atoms with Gasteiger partial charge in [0.05, 0.1) is 25.7 Å². The van der Waals surface area contributed by atoms with Gasteiger partial charge in [0.15, 0.2) is 0 Å². The lowest BCUT2D eigenvalue weighted by Crippen LogP contribution is -2.57. The molecule has 1 aromatic rings. The third-order valence-electron chi connectivity index (χ3n) is 9.79. The van der Waals surface area contributed by atoms with Crippen LogP contribution in [0.5, 0.6) is 0 Å². The van der Waals surface area contributed by atoms with E-state index in [-0.39, 0.29) is 50.4 Å². The number of unbranched alkanes of at least 4 members (excludes halogenated alkanes) is 1. The van der Waals surface area contributed by atoms with Gasteiger partial charge in [-0.1, -0.05) is 58.4 Å². The number of benzene rings is 1. The number of carbonyl (C=O) groups excluding carboxylic acids is 4. The number of carbonyl (C=O) groups is 4. The van der Waals surface area contributed by atoms with E-state index in [4.69, 9.17) is 14.2 Å². The number of hydrogen-bond acceptors (Lipinski definition) is 9. The highest BCUT2D eigenvalue weighted by atomic mass is 79.9. The van der Waals surface area contributed by atoms with Gasteiger partial charge >= 0.3 is 5.97 Å². The van der Waals surface area contributed by atoms with Crippen LogP contribution in [0.2, 0.25) is 0 Å². The second kappa shape index (κ2) is 15.0. The van der Waals surface area contributed by atoms with E-state index in [9.17, 15) is 24.3 Å². The zero-order chi connectivity index (χ0) is 33.0. The average Bonchev–Trinajstić information content (AvgIpc) is 3.67. The largest absolute Gasteiger partial charge is 0.455 e. The van der Waals surface area contributed by atoms with Gasteiger partial charge < -0.3 is 34.4 Å². The summed E-state index contributed by atoms with van der Waals surface area (Å²) in [5, 5.41) is 12.4. The molecule has 0 aliphatic carbocycles. The van der Waals surface area contributed by atoms with Crippen LogP contribution in [0.25, 0.3) is 0 Å². The summed E-state index contributed by atoms with van der Waals surface area (Å²) < 4.78 is 18.8. The Bertz CT molecular complexity index is 1390. The maximum Gasteiger partial charge on any atom is 0.313 e. The van der Waals surface area contributed by atoms with Crippen molar-refractivity contribution in [2.45, 2.75) is 49.5 Å². The van der Waals surface area contributed by atoms with E-state index in [1.165, 1.54) is 0 Å². The standard InChI is InChI=1S/C34H43BrN4O8/c35-24-21-34-28-27(29(24)47-34)33(44)46-25(23-9-3-1-4-10-23)22-36-26(41)11-5-2-6-12-38(15-14-37-16-19-45-20-17-37)32(43)30(34)39(31(28)42)13-7-8-18-40/h1-4,6,9-10,21,25,27-30,40H,5,7-8,11-20,22H2,(H,36,41)/b6-2-/t25-,27-,28+,29-,30-,34+/m1/s1. The molecule has 13 heteroatoms. The van der Waals surface area contributed by atoms with Gasteiger partial charge in [0.2, 0.25) is 17.7 Å². The number of fused-ring (bicyclic) bond motifs is 2. The Hall–Kier alpha value is -3.10. The predicted molar refractivity (Wildman–Crippen MR) is 174 cm³/mol. The lowest BCUT2D eigenvalue weighted by Gasteiger charge is -2.37. The van der Waals surface area contributed by atoms with Crippen molar-refractivity contribution in [1.29, 1.82) is 0 Å². The number of amides is 3. The number of allylic oxidation sites excluding steroid dienone is 1. The number of rotatable bonds is 8. The molecule has 254 valence electrons. The molecule has 0 saturated carbocycles. The Balaban J connectivity index is 1.37. The molecule has 5 aliphatic rings. The van der Waals surface area contributed by atoms with Crippen molar-refractivity contribution in [2.75, 3.05) is 65.6 Å². The Kier molecular flexibility index (Phi) is 10.8. The molecule has 5 bridgehead atoms. The number of likely N-dealkylation sites (tertiary alicyclic amines) is 1. The molecule has 1 aromatic carbocycles. The van der Waals surface area contributed by atoms with Gasteiger partial charge in [-0.25, -0.2) is 0 Å². The van der Waals surface area contributed by atoms with Gasteiger partial charge in [-0.2, -0.15) is 0 Å². The summed E-state index contributed by atoms with van der Waals surface area (Å²) in [7, 11) is 0. The summed E-state index contributed by atoms with van der Waals surface area (Å²) in [4.78, 5) is 61.6. The van der Waals surface area contributed by atoms with Crippen molar-refractivity contribution in [3.63, 3.8) is 0 Å². The quantitative estimate of drug-likeness (QED) is 0.233. The molecule has 5 heterocycles. The maximum absolute atomic E-state index is 14.8. The molecule has 0 unspecified atom stereocenters. The Labute approximate surface area is 283 Å². The van der Waals surface area contributed by atoms with Crippen LogP contribution in [-0.2, 0) is 33.4 Å². The number of morpholine rings is 1. The van der Waals surface area contributed by atoms with Crippen molar-refractivity contribution >= 4 is 39.6 Å². The second-order valence-electron chi connectivity index (χ2n) is 12.7. The van der Waals surface area contributed by atoms with Crippen LogP contribution < -0.4 is 5.32 Å². The van der Waals surface area contributed by atoms with Gasteiger partial charge in [0.25, 0.3) is 0 Å². The fraction of sp³-hybridized carbons (Fsp3) is 0.588. The fourth-order valence-electron chi connectivity index (χ4n) is 7.39. The highest BCUT2D eigenvalue weighted by Crippen LogP contribution is 2.59. The van der Waals surface area contributed by atoms with Crippen molar-refractivity contribution in [2.24, 2.45) is 11.8 Å². The first-order valence-corrected chi connectivity index (χ1v) is 17.4. The predicted octanol–water partition coefficient (Wildman–Crippen LogP) is 1.54. The van der Waals surface area contributed by atoms with E-state index < -0.39 is 41.7 Å². The first-order valence-electron chi connectivity index (χ1n) is 16.6. The molecule has 47 heavy (non-hydrogen) atoms. The molecule has 12 nitrogen and oxygen atoms in total. The molecule has 3 fully saturated rings. The number of nitrogens with zero attached hydrogens (tertiary/aromatic N) is 3. The van der Waals surface area contributed by atoms with Gasteiger partial charge in [0, 0.05) is 56.8 Å². The molecule has 0 aromatic heterocycles. The first kappa shape index (κ1) is 33.8. The molecule has 2 N–H and O–H groups in total. The summed E-state index contributed by atoms with van der Waals surface area (Å²) in [6.07, 6.45) is 5.67. The van der Waals surface area contributed by atoms with Crippen LogP contribution in [-0.4, -0.2) is 127 Å². The number of cyclic esters (lactones) is 1. The molecule has 0 radical (unpaired) electrons. The molecular weight excluding hydrogens is 672 g/mol. The highest BCUT2D eigenvalue weighted by Gasteiger charge is 2.74. The van der Waals surface area contributed by atoms with Gasteiger partial charge in [0.1, 0.15) is 29.8 Å². The van der Waals surface area contributed by atoms with E-state index in [0.29, 0.717) is 55.6 Å². The van der Waals surface area contributed by atoms with Crippen LogP contribution >= 0.6 is 15.9 Å². The minimum absolute atomic E-state index is 0.0396. The maximum atomic E-state index is 14.8. The van der Waals surface area contributed by atoms with E-state index in [1.54, 1.807) is 15.9 Å². The first-order chi connectivity index (χ1) is 22.8. The van der Waals surface area contributed by atoms with E-state index >= 15 is 0 Å².